The van der Waals surface area contributed by atoms with Gasteiger partial charge in [-0.1, -0.05) is 23.2 Å². The third kappa shape index (κ3) is 3.06. The molecule has 0 radical (unpaired) electrons. The number of aromatic hydroxyl groups is 1. The monoisotopic (exact) mass is 282 g/mol. The highest BCUT2D eigenvalue weighted by Crippen LogP contribution is 2.26. The summed E-state index contributed by atoms with van der Waals surface area (Å²) in [6.45, 7) is 2.27. The standard InChI is InChI=1S/C13H12Cl2N2O/c1-8-2-5-13(18)12(17-8)7-16-11-4-3-9(14)6-10(11)15/h2-6,16,18H,7H2,1H3. The highest BCUT2D eigenvalue weighted by Gasteiger charge is 2.05. The van der Waals surface area contributed by atoms with Gasteiger partial charge in [-0.25, -0.2) is 0 Å². The van der Waals surface area contributed by atoms with Crippen molar-refractivity contribution in [1.82, 2.24) is 4.98 Å². The normalized spacial score (nSPS) is 10.4. The molecule has 0 unspecified atom stereocenters. The zero-order valence-electron chi connectivity index (χ0n) is 9.74. The summed E-state index contributed by atoms with van der Waals surface area (Å²) in [5.74, 6) is 0.165. The van der Waals surface area contributed by atoms with Gasteiger partial charge in [0, 0.05) is 10.7 Å². The molecule has 0 aliphatic rings. The summed E-state index contributed by atoms with van der Waals surface area (Å²) in [5.41, 5.74) is 2.19. The van der Waals surface area contributed by atoms with Gasteiger partial charge >= 0.3 is 0 Å². The summed E-state index contributed by atoms with van der Waals surface area (Å²) in [4.78, 5) is 4.25. The molecule has 2 N–H and O–H groups in total. The SMILES string of the molecule is Cc1ccc(O)c(CNc2ccc(Cl)cc2Cl)n1. The van der Waals surface area contributed by atoms with Crippen LogP contribution in [0.1, 0.15) is 11.4 Å². The van der Waals surface area contributed by atoms with E-state index < -0.39 is 0 Å². The number of hydrogen-bond donors (Lipinski definition) is 2. The molecule has 0 saturated carbocycles. The second-order valence-corrected chi connectivity index (χ2v) is 4.74. The highest BCUT2D eigenvalue weighted by molar-refractivity contribution is 6.36. The Labute approximate surface area is 115 Å². The summed E-state index contributed by atoms with van der Waals surface area (Å²) in [7, 11) is 0. The molecule has 5 heteroatoms. The van der Waals surface area contributed by atoms with Gasteiger partial charge < -0.3 is 10.4 Å². The lowest BCUT2D eigenvalue weighted by atomic mass is 10.2. The first-order valence-electron chi connectivity index (χ1n) is 5.40. The van der Waals surface area contributed by atoms with Crippen LogP contribution in [0.5, 0.6) is 5.75 Å². The Kier molecular flexibility index (Phi) is 3.94. The van der Waals surface area contributed by atoms with Crippen molar-refractivity contribution in [3.63, 3.8) is 0 Å². The Morgan fingerprint density at radius 2 is 2.00 bits per heavy atom. The van der Waals surface area contributed by atoms with Gasteiger partial charge in [0.2, 0.25) is 0 Å². The van der Waals surface area contributed by atoms with Crippen LogP contribution in [-0.2, 0) is 6.54 Å². The minimum absolute atomic E-state index is 0.165. The predicted octanol–water partition coefficient (Wildman–Crippen LogP) is 4.01. The first-order valence-corrected chi connectivity index (χ1v) is 6.16. The smallest absolute Gasteiger partial charge is 0.138 e. The van der Waals surface area contributed by atoms with Gasteiger partial charge in [-0.05, 0) is 37.3 Å². The van der Waals surface area contributed by atoms with Crippen molar-refractivity contribution in [3.8, 4) is 5.75 Å². The van der Waals surface area contributed by atoms with Crippen molar-refractivity contribution in [2.24, 2.45) is 0 Å². The van der Waals surface area contributed by atoms with Crippen LogP contribution in [0.2, 0.25) is 10.0 Å². The lowest BCUT2D eigenvalue weighted by Crippen LogP contribution is -2.03. The number of rotatable bonds is 3. The van der Waals surface area contributed by atoms with Gasteiger partial charge in [-0.15, -0.1) is 0 Å². The number of halogens is 2. The molecular weight excluding hydrogens is 271 g/mol. The van der Waals surface area contributed by atoms with E-state index in [2.05, 4.69) is 10.3 Å². The fourth-order valence-corrected chi connectivity index (χ4v) is 2.02. The topological polar surface area (TPSA) is 45.1 Å². The van der Waals surface area contributed by atoms with Crippen molar-refractivity contribution < 1.29 is 5.11 Å². The minimum atomic E-state index is 0.165. The van der Waals surface area contributed by atoms with Crippen LogP contribution in [0.3, 0.4) is 0 Å². The molecule has 0 aliphatic heterocycles. The lowest BCUT2D eigenvalue weighted by Gasteiger charge is -2.09. The number of hydrogen-bond acceptors (Lipinski definition) is 3. The number of nitrogens with zero attached hydrogens (tertiary/aromatic N) is 1. The van der Waals surface area contributed by atoms with Crippen LogP contribution < -0.4 is 5.32 Å². The van der Waals surface area contributed by atoms with Gasteiger partial charge in [0.05, 0.1) is 17.3 Å². The second kappa shape index (κ2) is 5.46. The third-order valence-corrected chi connectivity index (χ3v) is 3.01. The van der Waals surface area contributed by atoms with Crippen molar-refractivity contribution in [3.05, 3.63) is 51.8 Å². The molecule has 0 atom stereocenters. The Morgan fingerprint density at radius 1 is 1.22 bits per heavy atom. The predicted molar refractivity (Wildman–Crippen MR) is 74.4 cm³/mol. The highest BCUT2D eigenvalue weighted by atomic mass is 35.5. The molecule has 0 bridgehead atoms. The average Bonchev–Trinajstić information content (AvgIpc) is 2.32. The van der Waals surface area contributed by atoms with E-state index in [1.165, 1.54) is 0 Å². The van der Waals surface area contributed by atoms with Crippen LogP contribution in [0, 0.1) is 6.92 Å². The second-order valence-electron chi connectivity index (χ2n) is 3.90. The molecule has 0 aliphatic carbocycles. The molecule has 94 valence electrons. The summed E-state index contributed by atoms with van der Waals surface area (Å²) in [5, 5.41) is 13.9. The van der Waals surface area contributed by atoms with E-state index in [1.807, 2.05) is 6.92 Å². The van der Waals surface area contributed by atoms with E-state index >= 15 is 0 Å². The van der Waals surface area contributed by atoms with Crippen LogP contribution >= 0.6 is 23.2 Å². The Morgan fingerprint density at radius 3 is 2.72 bits per heavy atom. The van der Waals surface area contributed by atoms with Crippen LogP contribution in [0.15, 0.2) is 30.3 Å². The molecule has 18 heavy (non-hydrogen) atoms. The molecule has 2 aromatic rings. The van der Waals surface area contributed by atoms with E-state index in [-0.39, 0.29) is 5.75 Å². The molecule has 0 amide bonds. The molecule has 2 rings (SSSR count). The third-order valence-electron chi connectivity index (χ3n) is 2.47. The molecule has 3 nitrogen and oxygen atoms in total. The zero-order valence-corrected chi connectivity index (χ0v) is 11.3. The Balaban J connectivity index is 2.13. The summed E-state index contributed by atoms with van der Waals surface area (Å²) < 4.78 is 0. The molecule has 1 aromatic heterocycles. The summed E-state index contributed by atoms with van der Waals surface area (Å²) in [6.07, 6.45) is 0. The van der Waals surface area contributed by atoms with Gasteiger partial charge in [-0.3, -0.25) is 4.98 Å². The van der Waals surface area contributed by atoms with E-state index in [0.717, 1.165) is 11.4 Å². The maximum Gasteiger partial charge on any atom is 0.138 e. The number of nitrogens with one attached hydrogen (secondary N) is 1. The van der Waals surface area contributed by atoms with Crippen molar-refractivity contribution >= 4 is 28.9 Å². The van der Waals surface area contributed by atoms with E-state index in [1.54, 1.807) is 30.3 Å². The largest absolute Gasteiger partial charge is 0.506 e. The van der Waals surface area contributed by atoms with Crippen LogP contribution in [0.4, 0.5) is 5.69 Å². The number of pyridine rings is 1. The molecule has 1 aromatic carbocycles. The van der Waals surface area contributed by atoms with E-state index in [4.69, 9.17) is 23.2 Å². The molecular formula is C13H12Cl2N2O. The summed E-state index contributed by atoms with van der Waals surface area (Å²) >= 11 is 11.9. The quantitative estimate of drug-likeness (QED) is 0.894. The van der Waals surface area contributed by atoms with Gasteiger partial charge in [0.25, 0.3) is 0 Å². The minimum Gasteiger partial charge on any atom is -0.506 e. The maximum atomic E-state index is 9.67. The lowest BCUT2D eigenvalue weighted by molar-refractivity contribution is 0.464. The molecule has 0 fully saturated rings. The molecule has 1 heterocycles. The number of benzene rings is 1. The number of aromatic nitrogens is 1. The average molecular weight is 283 g/mol. The fourth-order valence-electron chi connectivity index (χ4n) is 1.55. The van der Waals surface area contributed by atoms with Crippen molar-refractivity contribution in [2.45, 2.75) is 13.5 Å². The maximum absolute atomic E-state index is 9.67. The van der Waals surface area contributed by atoms with E-state index in [9.17, 15) is 5.11 Å². The Bertz CT molecular complexity index is 573. The first kappa shape index (κ1) is 13.0. The molecule has 0 saturated heterocycles. The van der Waals surface area contributed by atoms with Gasteiger partial charge in [0.15, 0.2) is 0 Å². The number of aryl methyl sites for hydroxylation is 1. The fraction of sp³-hybridized carbons (Fsp3) is 0.154. The van der Waals surface area contributed by atoms with E-state index in [0.29, 0.717) is 22.3 Å². The van der Waals surface area contributed by atoms with Gasteiger partial charge in [0.1, 0.15) is 11.4 Å². The van der Waals surface area contributed by atoms with Crippen LogP contribution in [-0.4, -0.2) is 10.1 Å². The first-order chi connectivity index (χ1) is 8.56. The Hall–Kier alpha value is -1.45. The molecule has 0 spiro atoms. The van der Waals surface area contributed by atoms with Crippen molar-refractivity contribution in [2.75, 3.05) is 5.32 Å². The van der Waals surface area contributed by atoms with Gasteiger partial charge in [-0.2, -0.15) is 0 Å². The zero-order chi connectivity index (χ0) is 13.1. The van der Waals surface area contributed by atoms with Crippen LogP contribution in [0.25, 0.3) is 0 Å². The summed E-state index contributed by atoms with van der Waals surface area (Å²) in [6, 6.07) is 8.59. The number of anilines is 1. The van der Waals surface area contributed by atoms with Crippen molar-refractivity contribution in [1.29, 1.82) is 0 Å².